The summed E-state index contributed by atoms with van der Waals surface area (Å²) in [5, 5.41) is 8.36. The zero-order chi connectivity index (χ0) is 10.3. The number of hydrogen-bond acceptors (Lipinski definition) is 2. The number of hydrogen-bond donors (Lipinski definition) is 1. The normalized spacial score (nSPS) is 45.7. The van der Waals surface area contributed by atoms with Crippen LogP contribution in [0.2, 0.25) is 0 Å². The molecule has 2 heteroatoms. The minimum Gasteiger partial charge on any atom is -0.374 e. The van der Waals surface area contributed by atoms with Crippen LogP contribution >= 0.6 is 0 Å². The van der Waals surface area contributed by atoms with Crippen LogP contribution < -0.4 is 0 Å². The van der Waals surface area contributed by atoms with E-state index in [9.17, 15) is 0 Å². The van der Waals surface area contributed by atoms with Gasteiger partial charge in [0.2, 0.25) is 0 Å². The lowest BCUT2D eigenvalue weighted by Crippen LogP contribution is -2.50. The Morgan fingerprint density at radius 1 is 0.800 bits per heavy atom. The molecule has 3 fully saturated rings. The zero-order valence-corrected chi connectivity index (χ0v) is 9.37. The largest absolute Gasteiger partial charge is 0.374 e. The molecule has 0 aromatic heterocycles. The minimum absolute atomic E-state index is 0.408. The van der Waals surface area contributed by atoms with Crippen molar-refractivity contribution in [3.05, 3.63) is 0 Å². The molecule has 2 aliphatic carbocycles. The fourth-order valence-corrected chi connectivity index (χ4v) is 3.73. The molecule has 0 radical (unpaired) electrons. The molecule has 4 atom stereocenters. The first-order valence-corrected chi connectivity index (χ1v) is 6.60. The zero-order valence-electron chi connectivity index (χ0n) is 9.37. The van der Waals surface area contributed by atoms with Crippen molar-refractivity contribution in [2.75, 3.05) is 0 Å². The summed E-state index contributed by atoms with van der Waals surface area (Å²) in [5.41, 5.74) is 1.05. The van der Waals surface area contributed by atoms with Crippen LogP contribution in [0.1, 0.15) is 51.4 Å². The number of nitrogens with one attached hydrogen (secondary N) is 1. The van der Waals surface area contributed by atoms with Gasteiger partial charge in [-0.3, -0.25) is 0 Å². The fraction of sp³-hybridized carbons (Fsp3) is 0.923. The molecule has 3 rings (SSSR count). The maximum Gasteiger partial charge on any atom is 0.0659 e. The van der Waals surface area contributed by atoms with Crippen LogP contribution in [-0.4, -0.2) is 17.9 Å². The van der Waals surface area contributed by atoms with Crippen molar-refractivity contribution in [1.82, 2.24) is 0 Å². The van der Waals surface area contributed by atoms with Crippen molar-refractivity contribution in [1.29, 1.82) is 5.41 Å². The van der Waals surface area contributed by atoms with Gasteiger partial charge in [-0.05, 0) is 25.7 Å². The van der Waals surface area contributed by atoms with Crippen molar-refractivity contribution in [2.24, 2.45) is 11.8 Å². The third kappa shape index (κ3) is 1.63. The van der Waals surface area contributed by atoms with Gasteiger partial charge in [0, 0.05) is 17.5 Å². The van der Waals surface area contributed by atoms with Gasteiger partial charge in [-0.25, -0.2) is 0 Å². The first-order valence-electron chi connectivity index (χ1n) is 6.60. The predicted octanol–water partition coefficient (Wildman–Crippen LogP) is 3.15. The maximum absolute atomic E-state index is 8.36. The van der Waals surface area contributed by atoms with Crippen LogP contribution in [0.4, 0.5) is 0 Å². The predicted molar refractivity (Wildman–Crippen MR) is 60.3 cm³/mol. The maximum atomic E-state index is 8.36. The molecule has 0 aromatic rings. The van der Waals surface area contributed by atoms with Crippen molar-refractivity contribution in [2.45, 2.75) is 63.6 Å². The van der Waals surface area contributed by atoms with Gasteiger partial charge in [0.05, 0.1) is 12.2 Å². The van der Waals surface area contributed by atoms with Gasteiger partial charge in [0.25, 0.3) is 0 Å². The monoisotopic (exact) mass is 207 g/mol. The molecule has 1 N–H and O–H groups in total. The summed E-state index contributed by atoms with van der Waals surface area (Å²) in [6, 6.07) is 0. The third-order valence-electron chi connectivity index (χ3n) is 4.55. The first kappa shape index (κ1) is 9.83. The van der Waals surface area contributed by atoms with Gasteiger partial charge in [-0.1, -0.05) is 25.7 Å². The highest BCUT2D eigenvalue weighted by atomic mass is 16.5. The van der Waals surface area contributed by atoms with Crippen LogP contribution in [0.3, 0.4) is 0 Å². The number of fused-ring (bicyclic) bond motifs is 2. The van der Waals surface area contributed by atoms with E-state index in [0.717, 1.165) is 5.71 Å². The second-order valence-electron chi connectivity index (χ2n) is 5.45. The molecule has 0 spiro atoms. The number of rotatable bonds is 0. The molecule has 84 valence electrons. The van der Waals surface area contributed by atoms with Gasteiger partial charge in [-0.2, -0.15) is 0 Å². The Morgan fingerprint density at radius 2 is 1.27 bits per heavy atom. The summed E-state index contributed by atoms with van der Waals surface area (Å²) in [7, 11) is 0. The highest BCUT2D eigenvalue weighted by Gasteiger charge is 2.43. The Morgan fingerprint density at radius 3 is 1.80 bits per heavy atom. The highest BCUT2D eigenvalue weighted by Crippen LogP contribution is 2.41. The molecule has 3 aliphatic rings. The minimum atomic E-state index is 0.408. The molecule has 1 heterocycles. The summed E-state index contributed by atoms with van der Waals surface area (Å²) in [6.07, 6.45) is 10.9. The molecule has 2 saturated carbocycles. The lowest BCUT2D eigenvalue weighted by molar-refractivity contribution is -0.0917. The second-order valence-corrected chi connectivity index (χ2v) is 5.45. The van der Waals surface area contributed by atoms with Crippen LogP contribution in [0.25, 0.3) is 0 Å². The molecular formula is C13H21NO. The second kappa shape index (κ2) is 3.89. The molecule has 4 unspecified atom stereocenters. The lowest BCUT2D eigenvalue weighted by Gasteiger charge is -2.46. The molecule has 1 saturated heterocycles. The molecule has 0 amide bonds. The van der Waals surface area contributed by atoms with E-state index < -0.39 is 0 Å². The molecule has 0 aromatic carbocycles. The lowest BCUT2D eigenvalue weighted by atomic mass is 9.71. The topological polar surface area (TPSA) is 33.1 Å². The molecule has 15 heavy (non-hydrogen) atoms. The smallest absolute Gasteiger partial charge is 0.0659 e. The fourth-order valence-electron chi connectivity index (χ4n) is 3.73. The Kier molecular flexibility index (Phi) is 2.55. The van der Waals surface area contributed by atoms with Gasteiger partial charge < -0.3 is 10.1 Å². The average molecular weight is 207 g/mol. The van der Waals surface area contributed by atoms with E-state index in [1.54, 1.807) is 0 Å². The Hall–Kier alpha value is -0.370. The molecule has 1 aliphatic heterocycles. The first-order chi connectivity index (χ1) is 7.36. The van der Waals surface area contributed by atoms with Gasteiger partial charge in [0.15, 0.2) is 0 Å². The van der Waals surface area contributed by atoms with Crippen LogP contribution in [0.15, 0.2) is 0 Å². The van der Waals surface area contributed by atoms with Crippen molar-refractivity contribution >= 4 is 5.71 Å². The van der Waals surface area contributed by atoms with E-state index in [-0.39, 0.29) is 0 Å². The highest BCUT2D eigenvalue weighted by molar-refractivity contribution is 5.88. The standard InChI is InChI=1S/C13H21NO/c14-13-9-5-1-3-7-11(9)15-12-8-4-2-6-10(12)13/h9-12,14H,1-8H2. The van der Waals surface area contributed by atoms with E-state index in [1.165, 1.54) is 51.4 Å². The Balaban J connectivity index is 1.79. The van der Waals surface area contributed by atoms with E-state index in [4.69, 9.17) is 10.1 Å². The third-order valence-corrected chi connectivity index (χ3v) is 4.55. The summed E-state index contributed by atoms with van der Waals surface area (Å²) >= 11 is 0. The van der Waals surface area contributed by atoms with Crippen molar-refractivity contribution in [3.63, 3.8) is 0 Å². The van der Waals surface area contributed by atoms with Gasteiger partial charge in [-0.15, -0.1) is 0 Å². The van der Waals surface area contributed by atoms with Crippen molar-refractivity contribution < 1.29 is 4.74 Å². The van der Waals surface area contributed by atoms with E-state index >= 15 is 0 Å². The van der Waals surface area contributed by atoms with E-state index in [0.29, 0.717) is 24.0 Å². The SMILES string of the molecule is N=C1C2CCCCC2OC2CCCCC12. The summed E-state index contributed by atoms with van der Waals surface area (Å²) in [6.45, 7) is 0. The summed E-state index contributed by atoms with van der Waals surface area (Å²) in [4.78, 5) is 0. The van der Waals surface area contributed by atoms with E-state index in [1.807, 2.05) is 0 Å². The Labute approximate surface area is 91.9 Å². The molecule has 2 nitrogen and oxygen atoms in total. The molecular weight excluding hydrogens is 186 g/mol. The van der Waals surface area contributed by atoms with Crippen LogP contribution in [0, 0.1) is 17.2 Å². The van der Waals surface area contributed by atoms with Crippen molar-refractivity contribution in [3.8, 4) is 0 Å². The van der Waals surface area contributed by atoms with Gasteiger partial charge >= 0.3 is 0 Å². The summed E-state index contributed by atoms with van der Waals surface area (Å²) < 4.78 is 6.22. The quantitative estimate of drug-likeness (QED) is 0.650. The van der Waals surface area contributed by atoms with E-state index in [2.05, 4.69) is 0 Å². The van der Waals surface area contributed by atoms with Gasteiger partial charge in [0.1, 0.15) is 0 Å². The average Bonchev–Trinajstić information content (AvgIpc) is 2.30. The van der Waals surface area contributed by atoms with Crippen LogP contribution in [0.5, 0.6) is 0 Å². The number of ether oxygens (including phenoxy) is 1. The Bertz CT molecular complexity index is 239. The van der Waals surface area contributed by atoms with Crippen LogP contribution in [-0.2, 0) is 4.74 Å². The summed E-state index contributed by atoms with van der Waals surface area (Å²) in [5.74, 6) is 0.969. The molecule has 0 bridgehead atoms.